The van der Waals surface area contributed by atoms with Gasteiger partial charge in [0.1, 0.15) is 0 Å². The van der Waals surface area contributed by atoms with Crippen LogP contribution in [0.5, 0.6) is 0 Å². The molecule has 3 heteroatoms. The van der Waals surface area contributed by atoms with Crippen LogP contribution in [0, 0.1) is 17.3 Å². The highest BCUT2D eigenvalue weighted by Gasteiger charge is 2.37. The molecule has 0 spiro atoms. The van der Waals surface area contributed by atoms with Gasteiger partial charge in [-0.2, -0.15) is 13.2 Å². The van der Waals surface area contributed by atoms with E-state index >= 15 is 0 Å². The first-order valence-electron chi connectivity index (χ1n) is 12.6. The van der Waals surface area contributed by atoms with Crippen LogP contribution in [-0.4, -0.2) is 6.18 Å². The van der Waals surface area contributed by atoms with Gasteiger partial charge in [-0.1, -0.05) is 113 Å². The second-order valence-electron chi connectivity index (χ2n) is 9.80. The van der Waals surface area contributed by atoms with Crippen LogP contribution in [0.2, 0.25) is 0 Å². The predicted molar refractivity (Wildman–Crippen MR) is 129 cm³/mol. The Bertz CT molecular complexity index is 763. The van der Waals surface area contributed by atoms with Crippen LogP contribution in [-0.2, 0) is 0 Å². The average Bonchev–Trinajstić information content (AvgIpc) is 2.80. The molecule has 0 saturated heterocycles. The first kappa shape index (κ1) is 24.9. The van der Waals surface area contributed by atoms with E-state index in [4.69, 9.17) is 0 Å². The van der Waals surface area contributed by atoms with Gasteiger partial charge in [-0.3, -0.25) is 0 Å². The minimum absolute atomic E-state index is 0.0706. The van der Waals surface area contributed by atoms with Crippen molar-refractivity contribution in [2.75, 3.05) is 0 Å². The molecule has 1 atom stereocenters. The van der Waals surface area contributed by atoms with Gasteiger partial charge >= 0.3 is 6.18 Å². The Morgan fingerprint density at radius 2 is 1.75 bits per heavy atom. The highest BCUT2D eigenvalue weighted by molar-refractivity contribution is 5.75. The molecule has 3 rings (SSSR count). The topological polar surface area (TPSA) is 0 Å². The third-order valence-electron chi connectivity index (χ3n) is 7.45. The zero-order valence-electron chi connectivity index (χ0n) is 19.5. The van der Waals surface area contributed by atoms with Crippen molar-refractivity contribution in [3.05, 3.63) is 66.3 Å². The van der Waals surface area contributed by atoms with Gasteiger partial charge in [0.15, 0.2) is 0 Å². The quantitative estimate of drug-likeness (QED) is 0.249. The van der Waals surface area contributed by atoms with E-state index in [0.717, 1.165) is 12.3 Å². The summed E-state index contributed by atoms with van der Waals surface area (Å²) < 4.78 is 37.9. The zero-order chi connectivity index (χ0) is 22.9. The summed E-state index contributed by atoms with van der Waals surface area (Å²) in [5.41, 5.74) is 2.28. The lowest BCUT2D eigenvalue weighted by molar-refractivity contribution is -0.133. The molecule has 0 bridgehead atoms. The molecule has 0 aromatic heterocycles. The van der Waals surface area contributed by atoms with Gasteiger partial charge in [0, 0.05) is 11.8 Å². The molecule has 2 aliphatic carbocycles. The van der Waals surface area contributed by atoms with Gasteiger partial charge < -0.3 is 0 Å². The molecule has 1 saturated carbocycles. The minimum Gasteiger partial charge on any atom is -0.171 e. The van der Waals surface area contributed by atoms with E-state index in [0.29, 0.717) is 5.92 Å². The van der Waals surface area contributed by atoms with Crippen molar-refractivity contribution >= 4 is 5.57 Å². The van der Waals surface area contributed by atoms with E-state index < -0.39 is 12.6 Å². The zero-order valence-corrected chi connectivity index (χ0v) is 19.5. The Hall–Kier alpha value is -1.77. The highest BCUT2D eigenvalue weighted by atomic mass is 19.4. The molecule has 1 aromatic rings. The van der Waals surface area contributed by atoms with Gasteiger partial charge in [-0.15, -0.1) is 0 Å². The van der Waals surface area contributed by atoms with Crippen molar-refractivity contribution in [2.24, 2.45) is 17.3 Å². The van der Waals surface area contributed by atoms with Crippen molar-refractivity contribution in [3.8, 4) is 0 Å². The van der Waals surface area contributed by atoms with Crippen molar-refractivity contribution in [2.45, 2.75) is 90.1 Å². The van der Waals surface area contributed by atoms with Crippen LogP contribution < -0.4 is 0 Å². The normalized spacial score (nSPS) is 26.4. The second kappa shape index (κ2) is 11.9. The molecule has 0 amide bonds. The number of halogens is 3. The van der Waals surface area contributed by atoms with Gasteiger partial charge in [0.25, 0.3) is 0 Å². The van der Waals surface area contributed by atoms with Crippen LogP contribution in [0.15, 0.2) is 60.7 Å². The number of allylic oxidation sites excluding steroid dienone is 6. The third-order valence-corrected chi connectivity index (χ3v) is 7.45. The summed E-state index contributed by atoms with van der Waals surface area (Å²) in [7, 11) is 0. The van der Waals surface area contributed by atoms with E-state index in [1.54, 1.807) is 6.08 Å². The van der Waals surface area contributed by atoms with Crippen LogP contribution in [0.25, 0.3) is 5.57 Å². The molecule has 0 nitrogen and oxygen atoms in total. The average molecular weight is 445 g/mol. The van der Waals surface area contributed by atoms with E-state index in [9.17, 15) is 13.2 Å². The van der Waals surface area contributed by atoms with Crippen molar-refractivity contribution in [1.29, 1.82) is 0 Å². The van der Waals surface area contributed by atoms with E-state index in [2.05, 4.69) is 43.4 Å². The Kier molecular flexibility index (Phi) is 9.25. The molecule has 32 heavy (non-hydrogen) atoms. The molecular weight excluding hydrogens is 405 g/mol. The molecule has 1 unspecified atom stereocenters. The lowest BCUT2D eigenvalue weighted by Crippen LogP contribution is -2.31. The first-order valence-corrected chi connectivity index (χ1v) is 12.6. The minimum atomic E-state index is -4.09. The van der Waals surface area contributed by atoms with E-state index in [1.807, 2.05) is 18.2 Å². The molecule has 2 aliphatic rings. The maximum atomic E-state index is 12.6. The standard InChI is InChI=1S/C29H39F3/c1-2-3-4-6-11-24-14-16-27(17-15-24)28(20-9-10-21-29(30,31)32)22-18-26(19-23-28)25-12-7-5-8-13-25/h5,7-9,12-13,18-20,22,24,27H,2-4,6,10-11,14-17,21,23H2,1H3/b20-9+. The number of benzene rings is 1. The Morgan fingerprint density at radius 1 is 1.00 bits per heavy atom. The third kappa shape index (κ3) is 7.39. The van der Waals surface area contributed by atoms with Gasteiger partial charge in [0.05, 0.1) is 0 Å². The summed E-state index contributed by atoms with van der Waals surface area (Å²) in [6, 6.07) is 10.3. The second-order valence-corrected chi connectivity index (χ2v) is 9.80. The van der Waals surface area contributed by atoms with Crippen LogP contribution in [0.4, 0.5) is 13.2 Å². The highest BCUT2D eigenvalue weighted by Crippen LogP contribution is 2.48. The molecule has 1 aromatic carbocycles. The molecule has 0 radical (unpaired) electrons. The number of unbranched alkanes of at least 4 members (excludes halogenated alkanes) is 3. The summed E-state index contributed by atoms with van der Waals surface area (Å²) in [5.74, 6) is 1.35. The van der Waals surface area contributed by atoms with Gasteiger partial charge in [-0.25, -0.2) is 0 Å². The van der Waals surface area contributed by atoms with Crippen molar-refractivity contribution in [1.82, 2.24) is 0 Å². The first-order chi connectivity index (χ1) is 15.4. The van der Waals surface area contributed by atoms with E-state index in [-0.39, 0.29) is 11.8 Å². The fourth-order valence-electron chi connectivity index (χ4n) is 5.47. The largest absolute Gasteiger partial charge is 0.389 e. The fraction of sp³-hybridized carbons (Fsp3) is 0.586. The summed E-state index contributed by atoms with van der Waals surface area (Å²) in [6.07, 6.45) is 18.3. The monoisotopic (exact) mass is 444 g/mol. The number of hydrogen-bond acceptors (Lipinski definition) is 0. The van der Waals surface area contributed by atoms with Gasteiger partial charge in [-0.05, 0) is 48.7 Å². The number of rotatable bonds is 10. The Balaban J connectivity index is 1.65. The van der Waals surface area contributed by atoms with E-state index in [1.165, 1.54) is 68.9 Å². The lowest BCUT2D eigenvalue weighted by atomic mass is 9.63. The lowest BCUT2D eigenvalue weighted by Gasteiger charge is -2.42. The smallest absolute Gasteiger partial charge is 0.171 e. The van der Waals surface area contributed by atoms with Gasteiger partial charge in [0.2, 0.25) is 0 Å². The Morgan fingerprint density at radius 3 is 2.38 bits per heavy atom. The predicted octanol–water partition coefficient (Wildman–Crippen LogP) is 9.69. The van der Waals surface area contributed by atoms with Crippen molar-refractivity contribution < 1.29 is 13.2 Å². The number of hydrogen-bond donors (Lipinski definition) is 0. The summed E-state index contributed by atoms with van der Waals surface area (Å²) in [6.45, 7) is 2.25. The van der Waals surface area contributed by atoms with Crippen LogP contribution >= 0.6 is 0 Å². The fourth-order valence-corrected chi connectivity index (χ4v) is 5.47. The molecule has 0 aliphatic heterocycles. The summed E-state index contributed by atoms with van der Waals surface area (Å²) in [4.78, 5) is 0. The van der Waals surface area contributed by atoms with Crippen LogP contribution in [0.1, 0.15) is 89.5 Å². The Labute approximate surface area is 192 Å². The summed E-state index contributed by atoms with van der Waals surface area (Å²) in [5, 5.41) is 0. The molecule has 176 valence electrons. The summed E-state index contributed by atoms with van der Waals surface area (Å²) >= 11 is 0. The van der Waals surface area contributed by atoms with Crippen molar-refractivity contribution in [3.63, 3.8) is 0 Å². The molecule has 1 fully saturated rings. The molecule has 0 N–H and O–H groups in total. The maximum absolute atomic E-state index is 12.6. The van der Waals surface area contributed by atoms with Crippen LogP contribution in [0.3, 0.4) is 0 Å². The number of alkyl halides is 3. The SMILES string of the molecule is CCCCCCC1CCC(C2(/C=C/CCC(F)(F)F)C=CC(c3ccccc3)=CC2)CC1. The molecule has 0 heterocycles. The maximum Gasteiger partial charge on any atom is 0.389 e. The molecular formula is C29H39F3.